The molecule has 0 aromatic carbocycles. The Morgan fingerprint density at radius 2 is 2.17 bits per heavy atom. The van der Waals surface area contributed by atoms with E-state index in [2.05, 4.69) is 16.3 Å². The smallest absolute Gasteiger partial charge is 0.191 e. The number of nitriles is 1. The number of aryl methyl sites for hydroxylation is 1. The van der Waals surface area contributed by atoms with Gasteiger partial charge in [0.05, 0.1) is 11.5 Å². The number of aromatic nitrogens is 3. The average Bonchev–Trinajstić information content (AvgIpc) is 2.68. The fourth-order valence-corrected chi connectivity index (χ4v) is 2.54. The Hall–Kier alpha value is -1.06. The summed E-state index contributed by atoms with van der Waals surface area (Å²) in [5.74, 6) is 1.86. The van der Waals surface area contributed by atoms with E-state index in [1.54, 1.807) is 11.8 Å². The van der Waals surface area contributed by atoms with E-state index < -0.39 is 0 Å². The van der Waals surface area contributed by atoms with Crippen molar-refractivity contribution in [1.82, 2.24) is 14.8 Å². The second kappa shape index (κ2) is 6.76. The SMILES string of the molecule is Cc1nnc(SCCCC(C)(C)C#N)n1CCN. The molecule has 5 nitrogen and oxygen atoms in total. The van der Waals surface area contributed by atoms with Crippen LogP contribution in [0.5, 0.6) is 0 Å². The van der Waals surface area contributed by atoms with E-state index in [-0.39, 0.29) is 5.41 Å². The molecule has 0 fully saturated rings. The zero-order chi connectivity index (χ0) is 13.6. The molecule has 0 radical (unpaired) electrons. The minimum absolute atomic E-state index is 0.235. The first-order valence-electron chi connectivity index (χ1n) is 6.14. The minimum atomic E-state index is -0.235. The van der Waals surface area contributed by atoms with Gasteiger partial charge in [0.2, 0.25) is 0 Å². The van der Waals surface area contributed by atoms with Crippen molar-refractivity contribution in [2.45, 2.75) is 45.3 Å². The predicted molar refractivity (Wildman–Crippen MR) is 73.2 cm³/mol. The van der Waals surface area contributed by atoms with Crippen molar-refractivity contribution >= 4 is 11.8 Å². The summed E-state index contributed by atoms with van der Waals surface area (Å²) in [6, 6.07) is 2.32. The van der Waals surface area contributed by atoms with Crippen molar-refractivity contribution in [2.24, 2.45) is 11.1 Å². The van der Waals surface area contributed by atoms with E-state index >= 15 is 0 Å². The van der Waals surface area contributed by atoms with Crippen molar-refractivity contribution in [2.75, 3.05) is 12.3 Å². The van der Waals surface area contributed by atoms with Gasteiger partial charge in [0.1, 0.15) is 5.82 Å². The second-order valence-electron chi connectivity index (χ2n) is 4.92. The van der Waals surface area contributed by atoms with Crippen molar-refractivity contribution < 1.29 is 0 Å². The van der Waals surface area contributed by atoms with Gasteiger partial charge in [-0.25, -0.2) is 0 Å². The highest BCUT2D eigenvalue weighted by Gasteiger charge is 2.16. The molecule has 6 heteroatoms. The molecular formula is C12H21N5S. The van der Waals surface area contributed by atoms with Gasteiger partial charge in [-0.15, -0.1) is 10.2 Å². The lowest BCUT2D eigenvalue weighted by Crippen LogP contribution is -2.12. The Labute approximate surface area is 113 Å². The van der Waals surface area contributed by atoms with Crippen molar-refractivity contribution in [1.29, 1.82) is 5.26 Å². The lowest BCUT2D eigenvalue weighted by molar-refractivity contribution is 0.447. The van der Waals surface area contributed by atoms with Crippen LogP contribution in [-0.4, -0.2) is 27.1 Å². The molecule has 0 aliphatic carbocycles. The fourth-order valence-electron chi connectivity index (χ4n) is 1.59. The van der Waals surface area contributed by atoms with Crippen LogP contribution in [0, 0.1) is 23.7 Å². The maximum Gasteiger partial charge on any atom is 0.191 e. The summed E-state index contributed by atoms with van der Waals surface area (Å²) < 4.78 is 2.04. The van der Waals surface area contributed by atoms with Gasteiger partial charge in [0, 0.05) is 18.8 Å². The van der Waals surface area contributed by atoms with Gasteiger partial charge in [-0.2, -0.15) is 5.26 Å². The Bertz CT molecular complexity index is 419. The van der Waals surface area contributed by atoms with Crippen LogP contribution in [0.3, 0.4) is 0 Å². The quantitative estimate of drug-likeness (QED) is 0.603. The first kappa shape index (κ1) is 15.0. The lowest BCUT2D eigenvalue weighted by atomic mass is 9.90. The third-order valence-corrected chi connectivity index (χ3v) is 3.79. The van der Waals surface area contributed by atoms with E-state index in [0.29, 0.717) is 6.54 Å². The first-order valence-corrected chi connectivity index (χ1v) is 7.12. The van der Waals surface area contributed by atoms with Gasteiger partial charge in [0.25, 0.3) is 0 Å². The number of rotatable bonds is 7. The minimum Gasteiger partial charge on any atom is -0.329 e. The molecule has 1 rings (SSSR count). The highest BCUT2D eigenvalue weighted by atomic mass is 32.2. The van der Waals surface area contributed by atoms with E-state index in [0.717, 1.165) is 36.1 Å². The molecule has 100 valence electrons. The fraction of sp³-hybridized carbons (Fsp3) is 0.750. The highest BCUT2D eigenvalue weighted by molar-refractivity contribution is 7.99. The van der Waals surface area contributed by atoms with Crippen molar-refractivity contribution in [3.8, 4) is 6.07 Å². The molecule has 1 heterocycles. The highest BCUT2D eigenvalue weighted by Crippen LogP contribution is 2.24. The van der Waals surface area contributed by atoms with Gasteiger partial charge in [0.15, 0.2) is 5.16 Å². The molecule has 0 bridgehead atoms. The Balaban J connectivity index is 2.43. The summed E-state index contributed by atoms with van der Waals surface area (Å²) in [6.07, 6.45) is 1.90. The molecule has 0 unspecified atom stereocenters. The third kappa shape index (κ3) is 4.31. The maximum atomic E-state index is 8.93. The van der Waals surface area contributed by atoms with Gasteiger partial charge in [-0.05, 0) is 33.6 Å². The second-order valence-corrected chi connectivity index (χ2v) is 5.98. The predicted octanol–water partition coefficient (Wildman–Crippen LogP) is 1.97. The summed E-state index contributed by atoms with van der Waals surface area (Å²) in [5.41, 5.74) is 5.33. The van der Waals surface area contributed by atoms with E-state index in [1.165, 1.54) is 0 Å². The van der Waals surface area contributed by atoms with Crippen LogP contribution in [0.15, 0.2) is 5.16 Å². The van der Waals surface area contributed by atoms with Gasteiger partial charge in [-0.3, -0.25) is 0 Å². The van der Waals surface area contributed by atoms with Crippen LogP contribution < -0.4 is 5.73 Å². The Kier molecular flexibility index (Phi) is 5.63. The molecule has 0 aliphatic heterocycles. The van der Waals surface area contributed by atoms with Crippen LogP contribution in [0.1, 0.15) is 32.5 Å². The first-order chi connectivity index (χ1) is 8.50. The summed E-state index contributed by atoms with van der Waals surface area (Å²) in [7, 11) is 0. The van der Waals surface area contributed by atoms with Crippen LogP contribution >= 0.6 is 11.8 Å². The largest absolute Gasteiger partial charge is 0.329 e. The summed E-state index contributed by atoms with van der Waals surface area (Å²) >= 11 is 1.68. The molecular weight excluding hydrogens is 246 g/mol. The molecule has 1 aromatic heterocycles. The van der Waals surface area contributed by atoms with Crippen molar-refractivity contribution in [3.05, 3.63) is 5.82 Å². The molecule has 1 aromatic rings. The van der Waals surface area contributed by atoms with Crippen LogP contribution in [-0.2, 0) is 6.54 Å². The molecule has 0 saturated heterocycles. The van der Waals surface area contributed by atoms with Gasteiger partial charge < -0.3 is 10.3 Å². The molecule has 2 N–H and O–H groups in total. The van der Waals surface area contributed by atoms with Gasteiger partial charge >= 0.3 is 0 Å². The number of hydrogen-bond acceptors (Lipinski definition) is 5. The Morgan fingerprint density at radius 3 is 2.78 bits per heavy atom. The zero-order valence-corrected chi connectivity index (χ0v) is 12.1. The molecule has 0 atom stereocenters. The van der Waals surface area contributed by atoms with E-state index in [9.17, 15) is 0 Å². The van der Waals surface area contributed by atoms with Crippen molar-refractivity contribution in [3.63, 3.8) is 0 Å². The topological polar surface area (TPSA) is 80.5 Å². The monoisotopic (exact) mass is 267 g/mol. The molecule has 0 aliphatic rings. The maximum absolute atomic E-state index is 8.93. The van der Waals surface area contributed by atoms with Crippen LogP contribution in [0.25, 0.3) is 0 Å². The molecule has 0 saturated carbocycles. The van der Waals surface area contributed by atoms with E-state index in [4.69, 9.17) is 11.0 Å². The normalized spacial score (nSPS) is 11.5. The number of nitrogens with zero attached hydrogens (tertiary/aromatic N) is 4. The molecule has 0 amide bonds. The number of hydrogen-bond donors (Lipinski definition) is 1. The average molecular weight is 267 g/mol. The summed E-state index contributed by atoms with van der Waals surface area (Å²) in [6.45, 7) is 7.22. The molecule has 0 spiro atoms. The number of thioether (sulfide) groups is 1. The standard InChI is InChI=1S/C12H21N5S/c1-10-15-16-11(17(10)7-6-13)18-8-4-5-12(2,3)9-14/h4-8,13H2,1-3H3. The van der Waals surface area contributed by atoms with Crippen LogP contribution in [0.4, 0.5) is 0 Å². The van der Waals surface area contributed by atoms with Crippen LogP contribution in [0.2, 0.25) is 0 Å². The number of nitrogens with two attached hydrogens (primary N) is 1. The van der Waals surface area contributed by atoms with E-state index in [1.807, 2.05) is 25.3 Å². The molecule has 18 heavy (non-hydrogen) atoms. The summed E-state index contributed by atoms with van der Waals surface area (Å²) in [4.78, 5) is 0. The third-order valence-electron chi connectivity index (χ3n) is 2.73. The lowest BCUT2D eigenvalue weighted by Gasteiger charge is -2.14. The van der Waals surface area contributed by atoms with Gasteiger partial charge in [-0.1, -0.05) is 11.8 Å². The zero-order valence-electron chi connectivity index (χ0n) is 11.3. The summed E-state index contributed by atoms with van der Waals surface area (Å²) in [5, 5.41) is 18.1. The Morgan fingerprint density at radius 1 is 1.44 bits per heavy atom.